The van der Waals surface area contributed by atoms with Crippen LogP contribution in [0.4, 0.5) is 0 Å². The van der Waals surface area contributed by atoms with E-state index in [1.54, 1.807) is 0 Å². The Morgan fingerprint density at radius 2 is 2.20 bits per heavy atom. The Morgan fingerprint density at radius 1 is 1.50 bits per heavy atom. The summed E-state index contributed by atoms with van der Waals surface area (Å²) in [5.41, 5.74) is 0. The molecule has 10 heavy (non-hydrogen) atoms. The van der Waals surface area contributed by atoms with Crippen LogP contribution in [0.2, 0.25) is 0 Å². The first-order valence-electron chi connectivity index (χ1n) is 4.22. The fourth-order valence-corrected chi connectivity index (χ4v) is 1.76. The number of hydrogen-bond acceptors (Lipinski definition) is 1. The zero-order valence-corrected chi connectivity index (χ0v) is 8.04. The summed E-state index contributed by atoms with van der Waals surface area (Å²) in [5, 5.41) is 0.849. The molecule has 0 aliphatic heterocycles. The SMILES string of the molecule is [CH2]CCSC(C)CCCC. The molecule has 0 nitrogen and oxygen atoms in total. The molecular weight excluding hydrogens is 140 g/mol. The lowest BCUT2D eigenvalue weighted by Crippen LogP contribution is -1.96. The highest BCUT2D eigenvalue weighted by Crippen LogP contribution is 2.16. The van der Waals surface area contributed by atoms with Crippen LogP contribution in [0.25, 0.3) is 0 Å². The monoisotopic (exact) mass is 159 g/mol. The third kappa shape index (κ3) is 6.47. The molecule has 0 aromatic carbocycles. The maximum Gasteiger partial charge on any atom is 0.00187 e. The van der Waals surface area contributed by atoms with Crippen LogP contribution in [0.5, 0.6) is 0 Å². The van der Waals surface area contributed by atoms with Crippen LogP contribution in [0.3, 0.4) is 0 Å². The van der Waals surface area contributed by atoms with Gasteiger partial charge in [-0.2, -0.15) is 11.8 Å². The lowest BCUT2D eigenvalue weighted by atomic mass is 10.2. The first-order valence-corrected chi connectivity index (χ1v) is 5.27. The fraction of sp³-hybridized carbons (Fsp3) is 0.889. The molecule has 0 saturated heterocycles. The first-order chi connectivity index (χ1) is 4.81. The van der Waals surface area contributed by atoms with Gasteiger partial charge in [-0.1, -0.05) is 33.6 Å². The number of unbranched alkanes of at least 4 members (excludes halogenated alkanes) is 1. The van der Waals surface area contributed by atoms with Gasteiger partial charge >= 0.3 is 0 Å². The van der Waals surface area contributed by atoms with Crippen LogP contribution in [0.15, 0.2) is 0 Å². The Hall–Kier alpha value is 0.350. The Bertz CT molecular complexity index is 53.7. The van der Waals surface area contributed by atoms with Crippen LogP contribution >= 0.6 is 11.8 Å². The highest BCUT2D eigenvalue weighted by Gasteiger charge is 1.99. The molecule has 1 heteroatoms. The molecule has 0 aliphatic carbocycles. The van der Waals surface area contributed by atoms with Gasteiger partial charge in [-0.05, 0) is 18.6 Å². The van der Waals surface area contributed by atoms with E-state index in [0.717, 1.165) is 11.7 Å². The van der Waals surface area contributed by atoms with Crippen molar-refractivity contribution in [2.24, 2.45) is 0 Å². The Morgan fingerprint density at radius 3 is 2.70 bits per heavy atom. The topological polar surface area (TPSA) is 0 Å². The quantitative estimate of drug-likeness (QED) is 0.571. The first kappa shape index (κ1) is 10.3. The molecule has 0 amide bonds. The van der Waals surface area contributed by atoms with Crippen molar-refractivity contribution in [3.63, 3.8) is 0 Å². The van der Waals surface area contributed by atoms with Crippen molar-refractivity contribution < 1.29 is 0 Å². The summed E-state index contributed by atoms with van der Waals surface area (Å²) >= 11 is 2.05. The standard InChI is InChI=1S/C9H19S/c1-4-6-7-9(3)10-8-5-2/h9H,2,4-8H2,1,3H3. The molecular formula is C9H19S. The van der Waals surface area contributed by atoms with Gasteiger partial charge < -0.3 is 0 Å². The smallest absolute Gasteiger partial charge is 0.00187 e. The summed E-state index contributed by atoms with van der Waals surface area (Å²) in [5.74, 6) is 1.23. The predicted molar refractivity (Wildman–Crippen MR) is 51.4 cm³/mol. The minimum absolute atomic E-state index is 0.849. The third-order valence-electron chi connectivity index (χ3n) is 1.51. The molecule has 0 aromatic rings. The molecule has 0 aromatic heterocycles. The molecule has 0 saturated carbocycles. The highest BCUT2D eigenvalue weighted by molar-refractivity contribution is 7.99. The highest BCUT2D eigenvalue weighted by atomic mass is 32.2. The summed E-state index contributed by atoms with van der Waals surface area (Å²) in [6, 6.07) is 0. The maximum absolute atomic E-state index is 3.82. The van der Waals surface area contributed by atoms with Crippen molar-refractivity contribution in [2.45, 2.75) is 44.8 Å². The van der Waals surface area contributed by atoms with Crippen LogP contribution in [0.1, 0.15) is 39.5 Å². The van der Waals surface area contributed by atoms with Gasteiger partial charge in [-0.3, -0.25) is 0 Å². The van der Waals surface area contributed by atoms with Gasteiger partial charge in [0.2, 0.25) is 0 Å². The molecule has 1 unspecified atom stereocenters. The van der Waals surface area contributed by atoms with Gasteiger partial charge in [-0.25, -0.2) is 0 Å². The van der Waals surface area contributed by atoms with Crippen molar-refractivity contribution in [2.75, 3.05) is 5.75 Å². The van der Waals surface area contributed by atoms with Crippen molar-refractivity contribution in [1.82, 2.24) is 0 Å². The number of rotatable bonds is 6. The molecule has 0 aliphatic rings. The molecule has 61 valence electrons. The van der Waals surface area contributed by atoms with E-state index < -0.39 is 0 Å². The van der Waals surface area contributed by atoms with Crippen molar-refractivity contribution in [1.29, 1.82) is 0 Å². The van der Waals surface area contributed by atoms with Crippen molar-refractivity contribution >= 4 is 11.8 Å². The van der Waals surface area contributed by atoms with E-state index in [9.17, 15) is 0 Å². The summed E-state index contributed by atoms with van der Waals surface area (Å²) < 4.78 is 0. The molecule has 1 atom stereocenters. The Kier molecular flexibility index (Phi) is 7.72. The average molecular weight is 159 g/mol. The van der Waals surface area contributed by atoms with Crippen LogP contribution in [-0.2, 0) is 0 Å². The number of thioether (sulfide) groups is 1. The lowest BCUT2D eigenvalue weighted by Gasteiger charge is -2.08. The van der Waals surface area contributed by atoms with Crippen LogP contribution in [0, 0.1) is 6.92 Å². The molecule has 1 radical (unpaired) electrons. The molecule has 0 N–H and O–H groups in total. The van der Waals surface area contributed by atoms with E-state index in [1.807, 2.05) is 0 Å². The Labute approximate surface area is 69.8 Å². The van der Waals surface area contributed by atoms with Gasteiger partial charge in [0.05, 0.1) is 0 Å². The summed E-state index contributed by atoms with van der Waals surface area (Å²) in [7, 11) is 0. The van der Waals surface area contributed by atoms with E-state index in [-0.39, 0.29) is 0 Å². The van der Waals surface area contributed by atoms with Gasteiger partial charge in [0.1, 0.15) is 0 Å². The van der Waals surface area contributed by atoms with Gasteiger partial charge in [0, 0.05) is 5.25 Å². The minimum Gasteiger partial charge on any atom is -0.159 e. The second-order valence-electron chi connectivity index (χ2n) is 2.68. The zero-order chi connectivity index (χ0) is 7.82. The zero-order valence-electron chi connectivity index (χ0n) is 7.23. The number of hydrogen-bond donors (Lipinski definition) is 0. The fourth-order valence-electron chi connectivity index (χ4n) is 0.859. The minimum atomic E-state index is 0.849. The van der Waals surface area contributed by atoms with Gasteiger partial charge in [-0.15, -0.1) is 0 Å². The predicted octanol–water partition coefficient (Wildman–Crippen LogP) is 3.52. The van der Waals surface area contributed by atoms with Crippen molar-refractivity contribution in [3.8, 4) is 0 Å². The molecule has 0 heterocycles. The second-order valence-corrected chi connectivity index (χ2v) is 4.22. The average Bonchev–Trinajstić information content (AvgIpc) is 1.97. The summed E-state index contributed by atoms with van der Waals surface area (Å²) in [6.45, 7) is 8.38. The van der Waals surface area contributed by atoms with E-state index in [2.05, 4.69) is 32.5 Å². The molecule has 0 rings (SSSR count). The summed E-state index contributed by atoms with van der Waals surface area (Å²) in [6.07, 6.45) is 5.16. The molecule has 0 spiro atoms. The van der Waals surface area contributed by atoms with E-state index >= 15 is 0 Å². The van der Waals surface area contributed by atoms with Crippen LogP contribution < -0.4 is 0 Å². The third-order valence-corrected chi connectivity index (χ3v) is 2.84. The molecule has 0 fully saturated rings. The second kappa shape index (κ2) is 7.46. The van der Waals surface area contributed by atoms with E-state index in [0.29, 0.717) is 0 Å². The van der Waals surface area contributed by atoms with E-state index in [1.165, 1.54) is 25.0 Å². The Balaban J connectivity index is 3.00. The largest absolute Gasteiger partial charge is 0.159 e. The summed E-state index contributed by atoms with van der Waals surface area (Å²) in [4.78, 5) is 0. The van der Waals surface area contributed by atoms with Gasteiger partial charge in [0.25, 0.3) is 0 Å². The van der Waals surface area contributed by atoms with E-state index in [4.69, 9.17) is 0 Å². The van der Waals surface area contributed by atoms with Gasteiger partial charge in [0.15, 0.2) is 0 Å². The maximum atomic E-state index is 3.82. The normalized spacial score (nSPS) is 13.5. The molecule has 0 bridgehead atoms. The lowest BCUT2D eigenvalue weighted by molar-refractivity contribution is 0.713. The van der Waals surface area contributed by atoms with Crippen molar-refractivity contribution in [3.05, 3.63) is 6.92 Å². The van der Waals surface area contributed by atoms with Crippen LogP contribution in [-0.4, -0.2) is 11.0 Å².